The van der Waals surface area contributed by atoms with Crippen LogP contribution in [0.1, 0.15) is 12.5 Å². The molecule has 1 fully saturated rings. The van der Waals surface area contributed by atoms with Crippen molar-refractivity contribution in [3.8, 4) is 11.3 Å². The second-order valence-corrected chi connectivity index (χ2v) is 10.1. The molecule has 1 aliphatic heterocycles. The molecule has 4 aromatic rings. The van der Waals surface area contributed by atoms with Crippen molar-refractivity contribution in [3.05, 3.63) is 66.5 Å². The summed E-state index contributed by atoms with van der Waals surface area (Å²) in [6.07, 6.45) is 3.13. The van der Waals surface area contributed by atoms with Crippen LogP contribution < -0.4 is 10.6 Å². The van der Waals surface area contributed by atoms with Crippen LogP contribution in [0, 0.1) is 6.92 Å². The van der Waals surface area contributed by atoms with E-state index in [4.69, 9.17) is 15.5 Å². The summed E-state index contributed by atoms with van der Waals surface area (Å²) in [5.74, 6) is 0.775. The fourth-order valence-electron chi connectivity index (χ4n) is 4.15. The molecule has 0 aliphatic carbocycles. The predicted octanol–water partition coefficient (Wildman–Crippen LogP) is 3.45. The first-order valence-electron chi connectivity index (χ1n) is 10.8. The SMILES string of the molecule is Cc1ccc(S(=O)(=O)n2ccc3c(-c4cc(N)cc(N5CCOC[C@H]5C)n4)ccnc32)cc1. The molecule has 4 heterocycles. The van der Waals surface area contributed by atoms with Crippen LogP contribution >= 0.6 is 0 Å². The smallest absolute Gasteiger partial charge is 0.269 e. The van der Waals surface area contributed by atoms with Gasteiger partial charge in [-0.1, -0.05) is 17.7 Å². The number of nitrogens with zero attached hydrogens (tertiary/aromatic N) is 4. The third-order valence-corrected chi connectivity index (χ3v) is 7.58. The van der Waals surface area contributed by atoms with Crippen LogP contribution in [-0.4, -0.2) is 48.2 Å². The van der Waals surface area contributed by atoms with Gasteiger partial charge in [0.25, 0.3) is 10.0 Å². The normalized spacial score (nSPS) is 16.9. The van der Waals surface area contributed by atoms with Crippen molar-refractivity contribution < 1.29 is 13.2 Å². The van der Waals surface area contributed by atoms with Crippen molar-refractivity contribution in [1.29, 1.82) is 0 Å². The zero-order valence-corrected chi connectivity index (χ0v) is 19.3. The van der Waals surface area contributed by atoms with E-state index < -0.39 is 10.0 Å². The highest BCUT2D eigenvalue weighted by Crippen LogP contribution is 2.32. The van der Waals surface area contributed by atoms with Gasteiger partial charge in [0.1, 0.15) is 5.82 Å². The molecular formula is C24H25N5O3S. The van der Waals surface area contributed by atoms with Crippen LogP contribution in [0.5, 0.6) is 0 Å². The Morgan fingerprint density at radius 3 is 2.67 bits per heavy atom. The van der Waals surface area contributed by atoms with E-state index in [0.29, 0.717) is 35.6 Å². The van der Waals surface area contributed by atoms with Gasteiger partial charge in [0, 0.05) is 41.6 Å². The summed E-state index contributed by atoms with van der Waals surface area (Å²) in [5.41, 5.74) is 9.60. The molecular weight excluding hydrogens is 438 g/mol. The average molecular weight is 464 g/mol. The van der Waals surface area contributed by atoms with Crippen molar-refractivity contribution in [2.75, 3.05) is 30.4 Å². The molecule has 0 bridgehead atoms. The lowest BCUT2D eigenvalue weighted by atomic mass is 10.1. The molecule has 0 amide bonds. The molecule has 9 heteroatoms. The molecule has 1 atom stereocenters. The summed E-state index contributed by atoms with van der Waals surface area (Å²) in [4.78, 5) is 11.6. The summed E-state index contributed by atoms with van der Waals surface area (Å²) in [6.45, 7) is 6.00. The largest absolute Gasteiger partial charge is 0.399 e. The lowest BCUT2D eigenvalue weighted by Crippen LogP contribution is -2.44. The second kappa shape index (κ2) is 8.17. The van der Waals surface area contributed by atoms with Crippen LogP contribution in [0.4, 0.5) is 11.5 Å². The molecule has 5 rings (SSSR count). The molecule has 2 N–H and O–H groups in total. The van der Waals surface area contributed by atoms with Crippen LogP contribution in [0.3, 0.4) is 0 Å². The van der Waals surface area contributed by atoms with Crippen molar-refractivity contribution in [3.63, 3.8) is 0 Å². The zero-order valence-electron chi connectivity index (χ0n) is 18.5. The van der Waals surface area contributed by atoms with E-state index in [1.54, 1.807) is 42.6 Å². The molecule has 0 spiro atoms. The number of aromatic nitrogens is 3. The van der Waals surface area contributed by atoms with E-state index in [0.717, 1.165) is 23.5 Å². The molecule has 8 nitrogen and oxygen atoms in total. The van der Waals surface area contributed by atoms with Gasteiger partial charge in [-0.15, -0.1) is 0 Å². The highest BCUT2D eigenvalue weighted by atomic mass is 32.2. The van der Waals surface area contributed by atoms with E-state index in [1.165, 1.54) is 10.2 Å². The number of benzene rings is 1. The number of morpholine rings is 1. The van der Waals surface area contributed by atoms with Gasteiger partial charge in [-0.3, -0.25) is 0 Å². The number of pyridine rings is 2. The number of nitrogens with two attached hydrogens (primary N) is 1. The Labute approximate surface area is 192 Å². The molecule has 1 aliphatic rings. The van der Waals surface area contributed by atoms with Crippen LogP contribution in [0.2, 0.25) is 0 Å². The standard InChI is InChI=1S/C24H25N5O3S/c1-16-3-5-19(6-4-16)33(30,31)29-10-8-21-20(7-9-26-24(21)29)22-13-18(25)14-23(27-22)28-11-12-32-15-17(28)2/h3-10,13-14,17H,11-12,15H2,1-2H3,(H2,25,27)/t17-/m1/s1. The predicted molar refractivity (Wildman–Crippen MR) is 129 cm³/mol. The summed E-state index contributed by atoms with van der Waals surface area (Å²) in [6, 6.07) is 14.2. The molecule has 0 unspecified atom stereocenters. The fraction of sp³-hybridized carbons (Fsp3) is 0.250. The number of hydrogen-bond donors (Lipinski definition) is 1. The van der Waals surface area contributed by atoms with Gasteiger partial charge in [-0.25, -0.2) is 22.4 Å². The van der Waals surface area contributed by atoms with E-state index in [-0.39, 0.29) is 10.9 Å². The quantitative estimate of drug-likeness (QED) is 0.494. The lowest BCUT2D eigenvalue weighted by molar-refractivity contribution is 0.0985. The first-order chi connectivity index (χ1) is 15.8. The van der Waals surface area contributed by atoms with Crippen molar-refractivity contribution in [2.24, 2.45) is 0 Å². The molecule has 33 heavy (non-hydrogen) atoms. The topological polar surface area (TPSA) is 103 Å². The Morgan fingerprint density at radius 1 is 1.12 bits per heavy atom. The van der Waals surface area contributed by atoms with Gasteiger partial charge in [-0.2, -0.15) is 0 Å². The van der Waals surface area contributed by atoms with Crippen LogP contribution in [0.15, 0.2) is 65.8 Å². The number of aryl methyl sites for hydroxylation is 1. The van der Waals surface area contributed by atoms with Gasteiger partial charge < -0.3 is 15.4 Å². The van der Waals surface area contributed by atoms with Gasteiger partial charge in [0.15, 0.2) is 5.65 Å². The summed E-state index contributed by atoms with van der Waals surface area (Å²) in [5, 5.41) is 0.687. The molecule has 1 aromatic carbocycles. The highest BCUT2D eigenvalue weighted by molar-refractivity contribution is 7.90. The summed E-state index contributed by atoms with van der Waals surface area (Å²) >= 11 is 0. The number of hydrogen-bond acceptors (Lipinski definition) is 7. The van der Waals surface area contributed by atoms with E-state index >= 15 is 0 Å². The third-order valence-electron chi connectivity index (χ3n) is 5.90. The molecule has 170 valence electrons. The monoisotopic (exact) mass is 463 g/mol. The zero-order chi connectivity index (χ0) is 23.2. The van der Waals surface area contributed by atoms with Crippen LogP contribution in [-0.2, 0) is 14.8 Å². The van der Waals surface area contributed by atoms with Gasteiger partial charge in [0.2, 0.25) is 0 Å². The summed E-state index contributed by atoms with van der Waals surface area (Å²) in [7, 11) is -3.79. The molecule has 0 radical (unpaired) electrons. The fourth-order valence-corrected chi connectivity index (χ4v) is 5.45. The Balaban J connectivity index is 1.61. The van der Waals surface area contributed by atoms with Crippen LogP contribution in [0.25, 0.3) is 22.3 Å². The Kier molecular flexibility index (Phi) is 5.30. The maximum Gasteiger partial charge on any atom is 0.269 e. The average Bonchev–Trinajstić information content (AvgIpc) is 3.24. The Hall–Kier alpha value is -3.43. The van der Waals surface area contributed by atoms with Crippen molar-refractivity contribution >= 4 is 32.6 Å². The maximum atomic E-state index is 13.3. The van der Waals surface area contributed by atoms with E-state index in [1.807, 2.05) is 19.1 Å². The van der Waals surface area contributed by atoms with Gasteiger partial charge in [0.05, 0.1) is 29.8 Å². The lowest BCUT2D eigenvalue weighted by Gasteiger charge is -2.34. The van der Waals surface area contributed by atoms with E-state index in [2.05, 4.69) is 16.8 Å². The number of rotatable bonds is 4. The second-order valence-electron chi connectivity index (χ2n) is 8.29. The number of ether oxygens (including phenoxy) is 1. The Bertz CT molecular complexity index is 1430. The number of fused-ring (bicyclic) bond motifs is 1. The Morgan fingerprint density at radius 2 is 1.91 bits per heavy atom. The number of nitrogen functional groups attached to an aromatic ring is 1. The van der Waals surface area contributed by atoms with Crippen molar-refractivity contribution in [2.45, 2.75) is 24.8 Å². The molecule has 0 saturated carbocycles. The van der Waals surface area contributed by atoms with Crippen molar-refractivity contribution in [1.82, 2.24) is 13.9 Å². The first kappa shape index (κ1) is 21.4. The minimum atomic E-state index is -3.79. The van der Waals surface area contributed by atoms with E-state index in [9.17, 15) is 8.42 Å². The first-order valence-corrected chi connectivity index (χ1v) is 12.2. The minimum Gasteiger partial charge on any atom is -0.399 e. The molecule has 3 aromatic heterocycles. The molecule has 1 saturated heterocycles. The maximum absolute atomic E-state index is 13.3. The minimum absolute atomic E-state index is 0.180. The third kappa shape index (κ3) is 3.83. The summed E-state index contributed by atoms with van der Waals surface area (Å²) < 4.78 is 33.3. The highest BCUT2D eigenvalue weighted by Gasteiger charge is 2.23. The van der Waals surface area contributed by atoms with Gasteiger partial charge >= 0.3 is 0 Å². The van der Waals surface area contributed by atoms with Gasteiger partial charge in [-0.05, 0) is 44.2 Å². The number of anilines is 2.